The highest BCUT2D eigenvalue weighted by atomic mass is 16.2. The van der Waals surface area contributed by atoms with Crippen molar-refractivity contribution < 1.29 is 19.2 Å². The van der Waals surface area contributed by atoms with Crippen LogP contribution >= 0.6 is 0 Å². The van der Waals surface area contributed by atoms with Crippen LogP contribution in [-0.4, -0.2) is 65.3 Å². The van der Waals surface area contributed by atoms with Gasteiger partial charge < -0.3 is 15.5 Å². The van der Waals surface area contributed by atoms with E-state index in [1.54, 1.807) is 13.8 Å². The van der Waals surface area contributed by atoms with Crippen molar-refractivity contribution in [2.24, 2.45) is 0 Å². The summed E-state index contributed by atoms with van der Waals surface area (Å²) in [7, 11) is 0. The quantitative estimate of drug-likeness (QED) is 0.656. The molecule has 0 aromatic carbocycles. The Hall–Kier alpha value is -2.12. The van der Waals surface area contributed by atoms with Crippen LogP contribution in [0.3, 0.4) is 0 Å². The van der Waals surface area contributed by atoms with Crippen molar-refractivity contribution in [3.8, 4) is 0 Å². The molecule has 0 aromatic heterocycles. The van der Waals surface area contributed by atoms with Crippen LogP contribution in [0.4, 0.5) is 4.79 Å². The lowest BCUT2D eigenvalue weighted by molar-refractivity contribution is -0.138. The second-order valence-corrected chi connectivity index (χ2v) is 5.49. The standard InChI is InChI=1S/C13H20N4O4/c1-3-13(2)11(20)17(12(21)15-13)8-10(19)16-6-4-9(18)14-5-7-16/h3-8H2,1-2H3,(H,14,18)(H,15,21). The predicted molar refractivity (Wildman–Crippen MR) is 73.1 cm³/mol. The Balaban J connectivity index is 2.01. The highest BCUT2D eigenvalue weighted by Crippen LogP contribution is 2.20. The van der Waals surface area contributed by atoms with E-state index in [-0.39, 0.29) is 30.7 Å². The number of imide groups is 1. The van der Waals surface area contributed by atoms with Gasteiger partial charge in [0.15, 0.2) is 0 Å². The summed E-state index contributed by atoms with van der Waals surface area (Å²) < 4.78 is 0. The van der Waals surface area contributed by atoms with Crippen LogP contribution in [0.5, 0.6) is 0 Å². The van der Waals surface area contributed by atoms with E-state index < -0.39 is 11.6 Å². The number of carbonyl (C=O) groups is 4. The zero-order chi connectivity index (χ0) is 15.6. The lowest BCUT2D eigenvalue weighted by Gasteiger charge is -2.23. The molecule has 21 heavy (non-hydrogen) atoms. The Morgan fingerprint density at radius 3 is 2.62 bits per heavy atom. The number of rotatable bonds is 3. The summed E-state index contributed by atoms with van der Waals surface area (Å²) in [5, 5.41) is 5.28. The third kappa shape index (κ3) is 2.98. The van der Waals surface area contributed by atoms with Crippen LogP contribution in [0, 0.1) is 0 Å². The van der Waals surface area contributed by atoms with Gasteiger partial charge in [0, 0.05) is 26.1 Å². The van der Waals surface area contributed by atoms with Gasteiger partial charge in [-0.3, -0.25) is 19.3 Å². The van der Waals surface area contributed by atoms with Gasteiger partial charge in [0.25, 0.3) is 5.91 Å². The van der Waals surface area contributed by atoms with Gasteiger partial charge in [-0.2, -0.15) is 0 Å². The predicted octanol–water partition coefficient (Wildman–Crippen LogP) is -0.945. The third-order valence-electron chi connectivity index (χ3n) is 4.01. The van der Waals surface area contributed by atoms with E-state index in [2.05, 4.69) is 10.6 Å². The average Bonchev–Trinajstić information content (AvgIpc) is 2.63. The third-order valence-corrected chi connectivity index (χ3v) is 4.01. The number of hydrogen-bond acceptors (Lipinski definition) is 4. The zero-order valence-corrected chi connectivity index (χ0v) is 12.3. The summed E-state index contributed by atoms with van der Waals surface area (Å²) in [6.45, 7) is 4.24. The molecular weight excluding hydrogens is 276 g/mol. The fourth-order valence-electron chi connectivity index (χ4n) is 2.38. The minimum atomic E-state index is -0.937. The first-order chi connectivity index (χ1) is 9.87. The van der Waals surface area contributed by atoms with Crippen molar-refractivity contribution in [1.82, 2.24) is 20.4 Å². The molecule has 2 aliphatic heterocycles. The number of carbonyl (C=O) groups excluding carboxylic acids is 4. The van der Waals surface area contributed by atoms with E-state index in [9.17, 15) is 19.2 Å². The number of nitrogens with one attached hydrogen (secondary N) is 2. The molecule has 8 heteroatoms. The van der Waals surface area contributed by atoms with Gasteiger partial charge in [-0.05, 0) is 13.3 Å². The second-order valence-electron chi connectivity index (χ2n) is 5.49. The Morgan fingerprint density at radius 1 is 1.29 bits per heavy atom. The molecular formula is C13H20N4O4. The molecule has 1 atom stereocenters. The molecule has 0 aliphatic carbocycles. The maximum atomic E-state index is 12.2. The average molecular weight is 296 g/mol. The molecule has 0 saturated carbocycles. The van der Waals surface area contributed by atoms with Crippen molar-refractivity contribution in [2.75, 3.05) is 26.2 Å². The van der Waals surface area contributed by atoms with Crippen LogP contribution in [0.1, 0.15) is 26.7 Å². The highest BCUT2D eigenvalue weighted by Gasteiger charge is 2.47. The van der Waals surface area contributed by atoms with Gasteiger partial charge in [0.05, 0.1) is 0 Å². The van der Waals surface area contributed by atoms with Crippen LogP contribution in [0.2, 0.25) is 0 Å². The van der Waals surface area contributed by atoms with Crippen molar-refractivity contribution >= 4 is 23.8 Å². The number of urea groups is 1. The maximum Gasteiger partial charge on any atom is 0.325 e. The molecule has 1 unspecified atom stereocenters. The van der Waals surface area contributed by atoms with Gasteiger partial charge in [0.1, 0.15) is 12.1 Å². The van der Waals surface area contributed by atoms with Crippen molar-refractivity contribution in [2.45, 2.75) is 32.2 Å². The molecule has 2 heterocycles. The maximum absolute atomic E-state index is 12.2. The molecule has 116 valence electrons. The summed E-state index contributed by atoms with van der Waals surface area (Å²) in [6, 6.07) is -0.540. The van der Waals surface area contributed by atoms with E-state index in [4.69, 9.17) is 0 Å². The van der Waals surface area contributed by atoms with E-state index in [0.29, 0.717) is 26.1 Å². The molecule has 0 radical (unpaired) electrons. The molecule has 2 rings (SSSR count). The van der Waals surface area contributed by atoms with Crippen molar-refractivity contribution in [1.29, 1.82) is 0 Å². The monoisotopic (exact) mass is 296 g/mol. The normalized spacial score (nSPS) is 26.5. The number of nitrogens with zero attached hydrogens (tertiary/aromatic N) is 2. The first-order valence-corrected chi connectivity index (χ1v) is 7.06. The van der Waals surface area contributed by atoms with Crippen molar-refractivity contribution in [3.63, 3.8) is 0 Å². The van der Waals surface area contributed by atoms with Gasteiger partial charge in [-0.15, -0.1) is 0 Å². The fourth-order valence-corrected chi connectivity index (χ4v) is 2.38. The minimum Gasteiger partial charge on any atom is -0.354 e. The molecule has 2 N–H and O–H groups in total. The highest BCUT2D eigenvalue weighted by molar-refractivity contribution is 6.08. The van der Waals surface area contributed by atoms with Crippen molar-refractivity contribution in [3.05, 3.63) is 0 Å². The summed E-state index contributed by atoms with van der Waals surface area (Å²) in [6.07, 6.45) is 0.697. The molecule has 2 saturated heterocycles. The largest absolute Gasteiger partial charge is 0.354 e. The number of amides is 5. The summed E-state index contributed by atoms with van der Waals surface area (Å²) in [4.78, 5) is 50.0. The van der Waals surface area contributed by atoms with Gasteiger partial charge in [-0.1, -0.05) is 6.92 Å². The smallest absolute Gasteiger partial charge is 0.325 e. The summed E-state index contributed by atoms with van der Waals surface area (Å²) in [5.41, 5.74) is -0.937. The van der Waals surface area contributed by atoms with Gasteiger partial charge >= 0.3 is 6.03 Å². The molecule has 0 bridgehead atoms. The Morgan fingerprint density at radius 2 is 2.00 bits per heavy atom. The van der Waals surface area contributed by atoms with E-state index in [0.717, 1.165) is 4.90 Å². The Kier molecular flexibility index (Phi) is 4.15. The molecule has 5 amide bonds. The van der Waals surface area contributed by atoms with Crippen LogP contribution in [-0.2, 0) is 14.4 Å². The molecule has 0 aromatic rings. The molecule has 2 fully saturated rings. The summed E-state index contributed by atoms with van der Waals surface area (Å²) in [5.74, 6) is -0.804. The minimum absolute atomic E-state index is 0.0983. The number of hydrogen-bond donors (Lipinski definition) is 2. The Bertz CT molecular complexity index is 493. The van der Waals surface area contributed by atoms with Crippen LogP contribution in [0.15, 0.2) is 0 Å². The van der Waals surface area contributed by atoms with Gasteiger partial charge in [0.2, 0.25) is 11.8 Å². The SMILES string of the molecule is CCC1(C)NC(=O)N(CC(=O)N2CCNC(=O)CC2)C1=O. The van der Waals surface area contributed by atoms with E-state index >= 15 is 0 Å². The van der Waals surface area contributed by atoms with E-state index in [1.807, 2.05) is 0 Å². The first kappa shape index (κ1) is 15.3. The summed E-state index contributed by atoms with van der Waals surface area (Å²) >= 11 is 0. The first-order valence-electron chi connectivity index (χ1n) is 7.06. The molecule has 2 aliphatic rings. The molecule has 8 nitrogen and oxygen atoms in total. The second kappa shape index (κ2) is 5.71. The van der Waals surface area contributed by atoms with Gasteiger partial charge in [-0.25, -0.2) is 4.79 Å². The van der Waals surface area contributed by atoms with Crippen LogP contribution < -0.4 is 10.6 Å². The molecule has 0 spiro atoms. The topological polar surface area (TPSA) is 98.8 Å². The van der Waals surface area contributed by atoms with E-state index in [1.165, 1.54) is 4.90 Å². The lowest BCUT2D eigenvalue weighted by atomic mass is 9.99. The van der Waals surface area contributed by atoms with Crippen LogP contribution in [0.25, 0.3) is 0 Å². The lowest BCUT2D eigenvalue weighted by Crippen LogP contribution is -2.46. The zero-order valence-electron chi connectivity index (χ0n) is 12.3. The fraction of sp³-hybridized carbons (Fsp3) is 0.692. The Labute approximate surface area is 122 Å².